The van der Waals surface area contributed by atoms with E-state index in [1.165, 1.54) is 0 Å². The third-order valence-corrected chi connectivity index (χ3v) is 3.89. The van der Waals surface area contributed by atoms with Gasteiger partial charge in [0.1, 0.15) is 0 Å². The predicted octanol–water partition coefficient (Wildman–Crippen LogP) is 2.54. The van der Waals surface area contributed by atoms with Crippen molar-refractivity contribution < 1.29 is 9.53 Å². The van der Waals surface area contributed by atoms with E-state index in [4.69, 9.17) is 4.74 Å². The first-order chi connectivity index (χ1) is 8.09. The lowest BCUT2D eigenvalue weighted by Gasteiger charge is -2.27. The zero-order valence-corrected chi connectivity index (χ0v) is 11.7. The van der Waals surface area contributed by atoms with Gasteiger partial charge in [-0.1, -0.05) is 22.0 Å². The van der Waals surface area contributed by atoms with Gasteiger partial charge in [0, 0.05) is 23.1 Å². The zero-order chi connectivity index (χ0) is 12.4. The van der Waals surface area contributed by atoms with Gasteiger partial charge in [0.15, 0.2) is 0 Å². The second-order valence-electron chi connectivity index (χ2n) is 4.32. The molecule has 1 aromatic carbocycles. The van der Waals surface area contributed by atoms with E-state index in [1.54, 1.807) is 0 Å². The highest BCUT2D eigenvalue weighted by Gasteiger charge is 2.20. The molecule has 17 heavy (non-hydrogen) atoms. The van der Waals surface area contributed by atoms with Crippen molar-refractivity contribution in [2.45, 2.75) is 13.8 Å². The molecule has 0 N–H and O–H groups in total. The molecule has 1 aliphatic rings. The lowest BCUT2D eigenvalue weighted by molar-refractivity contribution is 0.0302. The van der Waals surface area contributed by atoms with Crippen LogP contribution in [0.25, 0.3) is 0 Å². The number of amides is 1. The normalized spacial score (nSPS) is 16.1. The Bertz CT molecular complexity index is 439. The molecule has 0 spiro atoms. The molecular weight excluding hydrogens is 282 g/mol. The Morgan fingerprint density at radius 3 is 2.53 bits per heavy atom. The molecule has 1 amide bonds. The molecule has 1 aliphatic heterocycles. The summed E-state index contributed by atoms with van der Waals surface area (Å²) in [7, 11) is 0. The average molecular weight is 298 g/mol. The highest BCUT2D eigenvalue weighted by molar-refractivity contribution is 9.10. The minimum Gasteiger partial charge on any atom is -0.378 e. The van der Waals surface area contributed by atoms with E-state index in [0.29, 0.717) is 26.3 Å². The fourth-order valence-electron chi connectivity index (χ4n) is 1.99. The maximum Gasteiger partial charge on any atom is 0.254 e. The summed E-state index contributed by atoms with van der Waals surface area (Å²) in [6, 6.07) is 3.96. The summed E-state index contributed by atoms with van der Waals surface area (Å²) in [5, 5.41) is 0. The molecule has 0 atom stereocenters. The quantitative estimate of drug-likeness (QED) is 0.797. The van der Waals surface area contributed by atoms with Gasteiger partial charge in [-0.15, -0.1) is 0 Å². The van der Waals surface area contributed by atoms with Crippen LogP contribution in [0.1, 0.15) is 21.5 Å². The molecule has 4 heteroatoms. The zero-order valence-electron chi connectivity index (χ0n) is 10.1. The van der Waals surface area contributed by atoms with Crippen LogP contribution in [0.5, 0.6) is 0 Å². The molecule has 92 valence electrons. The molecule has 0 radical (unpaired) electrons. The van der Waals surface area contributed by atoms with E-state index in [9.17, 15) is 4.79 Å². The number of halogens is 1. The maximum atomic E-state index is 12.3. The SMILES string of the molecule is Cc1cc(C)c(C(=O)N2CCOCC2)cc1Br. The van der Waals surface area contributed by atoms with E-state index in [-0.39, 0.29) is 5.91 Å². The van der Waals surface area contributed by atoms with Gasteiger partial charge in [0.2, 0.25) is 0 Å². The van der Waals surface area contributed by atoms with Crippen molar-refractivity contribution in [3.8, 4) is 0 Å². The molecule has 0 aliphatic carbocycles. The van der Waals surface area contributed by atoms with Crippen molar-refractivity contribution in [1.82, 2.24) is 4.90 Å². The summed E-state index contributed by atoms with van der Waals surface area (Å²) in [5.41, 5.74) is 2.97. The summed E-state index contributed by atoms with van der Waals surface area (Å²) in [6.45, 7) is 6.65. The number of carbonyl (C=O) groups excluding carboxylic acids is 1. The van der Waals surface area contributed by atoms with Gasteiger partial charge in [-0.2, -0.15) is 0 Å². The minimum atomic E-state index is 0.103. The van der Waals surface area contributed by atoms with Crippen LogP contribution in [0, 0.1) is 13.8 Å². The van der Waals surface area contributed by atoms with Crippen LogP contribution in [-0.4, -0.2) is 37.1 Å². The molecule has 0 aromatic heterocycles. The fraction of sp³-hybridized carbons (Fsp3) is 0.462. The number of morpholine rings is 1. The second kappa shape index (κ2) is 5.19. The number of hydrogen-bond acceptors (Lipinski definition) is 2. The van der Waals surface area contributed by atoms with E-state index >= 15 is 0 Å². The van der Waals surface area contributed by atoms with E-state index in [1.807, 2.05) is 30.9 Å². The third-order valence-electron chi connectivity index (χ3n) is 3.03. The van der Waals surface area contributed by atoms with E-state index < -0.39 is 0 Å². The van der Waals surface area contributed by atoms with Crippen LogP contribution >= 0.6 is 15.9 Å². The summed E-state index contributed by atoms with van der Waals surface area (Å²) < 4.78 is 6.24. The monoisotopic (exact) mass is 297 g/mol. The first-order valence-corrected chi connectivity index (χ1v) is 6.52. The van der Waals surface area contributed by atoms with E-state index in [2.05, 4.69) is 15.9 Å². The Kier molecular flexibility index (Phi) is 3.84. The van der Waals surface area contributed by atoms with E-state index in [0.717, 1.165) is 21.2 Å². The topological polar surface area (TPSA) is 29.5 Å². The molecule has 0 unspecified atom stereocenters. The number of ether oxygens (including phenoxy) is 1. The van der Waals surface area contributed by atoms with Gasteiger partial charge in [0.25, 0.3) is 5.91 Å². The van der Waals surface area contributed by atoms with Crippen LogP contribution in [0.4, 0.5) is 0 Å². The van der Waals surface area contributed by atoms with Crippen molar-refractivity contribution in [3.63, 3.8) is 0 Å². The lowest BCUT2D eigenvalue weighted by Crippen LogP contribution is -2.40. The Labute approximate surface area is 110 Å². The number of nitrogens with zero attached hydrogens (tertiary/aromatic N) is 1. The molecular formula is C13H16BrNO2. The number of hydrogen-bond donors (Lipinski definition) is 0. The Balaban J connectivity index is 2.26. The molecule has 0 bridgehead atoms. The van der Waals surface area contributed by atoms with Crippen molar-refractivity contribution in [2.24, 2.45) is 0 Å². The smallest absolute Gasteiger partial charge is 0.254 e. The minimum absolute atomic E-state index is 0.103. The largest absolute Gasteiger partial charge is 0.378 e. The Hall–Kier alpha value is -0.870. The van der Waals surface area contributed by atoms with Crippen LogP contribution in [0.2, 0.25) is 0 Å². The fourth-order valence-corrected chi connectivity index (χ4v) is 2.34. The molecule has 3 nitrogen and oxygen atoms in total. The van der Waals surface area contributed by atoms with Gasteiger partial charge in [0.05, 0.1) is 13.2 Å². The average Bonchev–Trinajstić information content (AvgIpc) is 2.34. The standard InChI is InChI=1S/C13H16BrNO2/c1-9-7-10(2)12(14)8-11(9)13(16)15-3-5-17-6-4-15/h7-8H,3-6H2,1-2H3. The summed E-state index contributed by atoms with van der Waals surface area (Å²) in [4.78, 5) is 14.2. The molecule has 1 aromatic rings. The van der Waals surface area contributed by atoms with Gasteiger partial charge in [-0.25, -0.2) is 0 Å². The number of benzene rings is 1. The first-order valence-electron chi connectivity index (χ1n) is 5.73. The van der Waals surface area contributed by atoms with Crippen LogP contribution in [-0.2, 0) is 4.74 Å². The first kappa shape index (κ1) is 12.6. The third kappa shape index (κ3) is 2.69. The number of rotatable bonds is 1. The van der Waals surface area contributed by atoms with Crippen LogP contribution in [0.15, 0.2) is 16.6 Å². The molecule has 2 rings (SSSR count). The second-order valence-corrected chi connectivity index (χ2v) is 5.18. The molecule has 1 saturated heterocycles. The van der Waals surface area contributed by atoms with Gasteiger partial charge < -0.3 is 9.64 Å². The summed E-state index contributed by atoms with van der Waals surface area (Å²) >= 11 is 3.48. The summed E-state index contributed by atoms with van der Waals surface area (Å²) in [5.74, 6) is 0.103. The van der Waals surface area contributed by atoms with Gasteiger partial charge in [-0.05, 0) is 31.0 Å². The highest BCUT2D eigenvalue weighted by Crippen LogP contribution is 2.22. The Morgan fingerprint density at radius 1 is 1.24 bits per heavy atom. The number of aryl methyl sites for hydroxylation is 2. The van der Waals surface area contributed by atoms with Crippen molar-refractivity contribution in [2.75, 3.05) is 26.3 Å². The summed E-state index contributed by atoms with van der Waals surface area (Å²) in [6.07, 6.45) is 0. The van der Waals surface area contributed by atoms with Crippen LogP contribution in [0.3, 0.4) is 0 Å². The van der Waals surface area contributed by atoms with Crippen molar-refractivity contribution in [1.29, 1.82) is 0 Å². The van der Waals surface area contributed by atoms with Gasteiger partial charge in [-0.3, -0.25) is 4.79 Å². The lowest BCUT2D eigenvalue weighted by atomic mass is 10.0. The maximum absolute atomic E-state index is 12.3. The van der Waals surface area contributed by atoms with Crippen molar-refractivity contribution >= 4 is 21.8 Å². The van der Waals surface area contributed by atoms with Gasteiger partial charge >= 0.3 is 0 Å². The molecule has 1 fully saturated rings. The molecule has 0 saturated carbocycles. The predicted molar refractivity (Wildman–Crippen MR) is 70.3 cm³/mol. The number of carbonyl (C=O) groups is 1. The highest BCUT2D eigenvalue weighted by atomic mass is 79.9. The molecule has 1 heterocycles. The Morgan fingerprint density at radius 2 is 1.88 bits per heavy atom. The van der Waals surface area contributed by atoms with Crippen molar-refractivity contribution in [3.05, 3.63) is 33.3 Å². The van der Waals surface area contributed by atoms with Crippen LogP contribution < -0.4 is 0 Å².